The molecule has 20 heavy (non-hydrogen) atoms. The molecule has 0 aliphatic carbocycles. The Morgan fingerprint density at radius 1 is 1.45 bits per heavy atom. The molecule has 0 fully saturated rings. The highest BCUT2D eigenvalue weighted by Gasteiger charge is 2.09. The molecule has 0 atom stereocenters. The smallest absolute Gasteiger partial charge is 0.193 e. The Morgan fingerprint density at radius 3 is 3.15 bits per heavy atom. The van der Waals surface area contributed by atoms with Crippen molar-refractivity contribution in [1.29, 1.82) is 0 Å². The third-order valence-electron chi connectivity index (χ3n) is 2.92. The van der Waals surface area contributed by atoms with Crippen molar-refractivity contribution >= 4 is 32.2 Å². The molecule has 6 heteroatoms. The first-order valence-corrected chi connectivity index (χ1v) is 7.91. The lowest BCUT2D eigenvalue weighted by molar-refractivity contribution is 0.296. The van der Waals surface area contributed by atoms with Crippen LogP contribution in [0.2, 0.25) is 0 Å². The van der Waals surface area contributed by atoms with Crippen LogP contribution < -0.4 is 10.1 Å². The molecule has 1 N–H and O–H groups in total. The fraction of sp³-hybridized carbons (Fsp3) is 0.214. The van der Waals surface area contributed by atoms with Crippen molar-refractivity contribution in [2.24, 2.45) is 0 Å². The fourth-order valence-corrected chi connectivity index (χ4v) is 3.28. The van der Waals surface area contributed by atoms with Crippen molar-refractivity contribution in [2.45, 2.75) is 13.2 Å². The van der Waals surface area contributed by atoms with Crippen molar-refractivity contribution < 1.29 is 4.74 Å². The van der Waals surface area contributed by atoms with Gasteiger partial charge in [0.15, 0.2) is 4.96 Å². The van der Waals surface area contributed by atoms with Gasteiger partial charge in [-0.05, 0) is 29.0 Å². The van der Waals surface area contributed by atoms with Crippen LogP contribution in [0.25, 0.3) is 4.96 Å². The molecule has 0 spiro atoms. The van der Waals surface area contributed by atoms with Crippen LogP contribution in [0.15, 0.2) is 40.4 Å². The maximum atomic E-state index is 5.95. The van der Waals surface area contributed by atoms with E-state index in [1.807, 2.05) is 41.4 Å². The Kier molecular flexibility index (Phi) is 4.05. The molecule has 4 nitrogen and oxygen atoms in total. The van der Waals surface area contributed by atoms with E-state index < -0.39 is 0 Å². The molecule has 0 aliphatic heterocycles. The van der Waals surface area contributed by atoms with E-state index in [0.717, 1.165) is 33.0 Å². The van der Waals surface area contributed by atoms with Crippen molar-refractivity contribution in [3.63, 3.8) is 0 Å². The number of benzene rings is 1. The summed E-state index contributed by atoms with van der Waals surface area (Å²) in [5.41, 5.74) is 2.06. The molecule has 104 valence electrons. The molecule has 2 heterocycles. The molecule has 2 aromatic heterocycles. The summed E-state index contributed by atoms with van der Waals surface area (Å²) in [4.78, 5) is 5.51. The highest BCUT2D eigenvalue weighted by molar-refractivity contribution is 9.10. The average Bonchev–Trinajstić information content (AvgIpc) is 2.99. The van der Waals surface area contributed by atoms with E-state index in [9.17, 15) is 0 Å². The number of hydrogen-bond donors (Lipinski definition) is 1. The Morgan fingerprint density at radius 2 is 2.35 bits per heavy atom. The topological polar surface area (TPSA) is 38.6 Å². The minimum absolute atomic E-state index is 0.466. The Bertz CT molecular complexity index is 694. The summed E-state index contributed by atoms with van der Waals surface area (Å²) < 4.78 is 8.92. The van der Waals surface area contributed by atoms with Gasteiger partial charge in [-0.15, -0.1) is 11.3 Å². The maximum absolute atomic E-state index is 5.95. The number of ether oxygens (including phenoxy) is 1. The molecular formula is C14H14BrN3OS. The van der Waals surface area contributed by atoms with E-state index in [2.05, 4.69) is 32.3 Å². The second-order valence-electron chi connectivity index (χ2n) is 4.37. The zero-order valence-corrected chi connectivity index (χ0v) is 13.4. The first-order chi connectivity index (χ1) is 9.78. The SMILES string of the molecule is CNCc1cccc(Br)c1OCc1cn2ccsc2n1. The fourth-order valence-electron chi connectivity index (χ4n) is 2.04. The summed E-state index contributed by atoms with van der Waals surface area (Å²) in [6.45, 7) is 1.24. The predicted octanol–water partition coefficient (Wildman–Crippen LogP) is 3.46. The maximum Gasteiger partial charge on any atom is 0.193 e. The zero-order chi connectivity index (χ0) is 13.9. The monoisotopic (exact) mass is 351 g/mol. The van der Waals surface area contributed by atoms with E-state index in [1.54, 1.807) is 11.3 Å². The zero-order valence-electron chi connectivity index (χ0n) is 11.0. The van der Waals surface area contributed by atoms with Gasteiger partial charge in [0.05, 0.1) is 10.2 Å². The average molecular weight is 352 g/mol. The highest BCUT2D eigenvalue weighted by atomic mass is 79.9. The summed E-state index contributed by atoms with van der Waals surface area (Å²) in [6, 6.07) is 6.05. The molecule has 0 bridgehead atoms. The van der Waals surface area contributed by atoms with Crippen molar-refractivity contribution in [2.75, 3.05) is 7.05 Å². The van der Waals surface area contributed by atoms with Gasteiger partial charge in [0.2, 0.25) is 0 Å². The van der Waals surface area contributed by atoms with E-state index in [1.165, 1.54) is 0 Å². The largest absolute Gasteiger partial charge is 0.486 e. The van der Waals surface area contributed by atoms with Gasteiger partial charge in [-0.3, -0.25) is 4.40 Å². The molecule has 0 saturated heterocycles. The minimum Gasteiger partial charge on any atom is -0.486 e. The van der Waals surface area contributed by atoms with Crippen LogP contribution in [0, 0.1) is 0 Å². The molecule has 0 amide bonds. The molecule has 1 aromatic carbocycles. The van der Waals surface area contributed by atoms with E-state index in [0.29, 0.717) is 6.61 Å². The van der Waals surface area contributed by atoms with Crippen molar-refractivity contribution in [3.05, 3.63) is 51.7 Å². The van der Waals surface area contributed by atoms with Gasteiger partial charge < -0.3 is 10.1 Å². The van der Waals surface area contributed by atoms with Gasteiger partial charge in [-0.2, -0.15) is 0 Å². The summed E-state index contributed by atoms with van der Waals surface area (Å²) >= 11 is 5.16. The Labute approximate surface area is 129 Å². The molecule has 3 aromatic rings. The second kappa shape index (κ2) is 5.95. The number of nitrogens with one attached hydrogen (secondary N) is 1. The number of halogens is 1. The van der Waals surface area contributed by atoms with Crippen molar-refractivity contribution in [3.8, 4) is 5.75 Å². The number of fused-ring (bicyclic) bond motifs is 1. The van der Waals surface area contributed by atoms with Crippen LogP contribution in [-0.4, -0.2) is 16.4 Å². The number of aromatic nitrogens is 2. The predicted molar refractivity (Wildman–Crippen MR) is 84.3 cm³/mol. The van der Waals surface area contributed by atoms with Gasteiger partial charge in [0.25, 0.3) is 0 Å². The van der Waals surface area contributed by atoms with Crippen LogP contribution in [0.5, 0.6) is 5.75 Å². The molecule has 0 aliphatic rings. The van der Waals surface area contributed by atoms with Gasteiger partial charge >= 0.3 is 0 Å². The number of para-hydroxylation sites is 1. The Hall–Kier alpha value is -1.37. The Balaban J connectivity index is 1.79. The van der Waals surface area contributed by atoms with E-state index in [4.69, 9.17) is 4.74 Å². The molecule has 3 rings (SSSR count). The third kappa shape index (κ3) is 2.72. The van der Waals surface area contributed by atoms with Crippen LogP contribution in [0.4, 0.5) is 0 Å². The first-order valence-electron chi connectivity index (χ1n) is 6.24. The van der Waals surface area contributed by atoms with Crippen LogP contribution >= 0.6 is 27.3 Å². The summed E-state index contributed by atoms with van der Waals surface area (Å²) in [5.74, 6) is 0.873. The van der Waals surface area contributed by atoms with Gasteiger partial charge in [0.1, 0.15) is 12.4 Å². The lowest BCUT2D eigenvalue weighted by Gasteiger charge is -2.12. The molecular weight excluding hydrogens is 338 g/mol. The number of hydrogen-bond acceptors (Lipinski definition) is 4. The number of imidazole rings is 1. The standard InChI is InChI=1S/C14H14BrN3OS/c1-16-7-10-3-2-4-12(15)13(10)19-9-11-8-18-5-6-20-14(18)17-11/h2-6,8,16H,7,9H2,1H3. The lowest BCUT2D eigenvalue weighted by Crippen LogP contribution is -2.08. The number of rotatable bonds is 5. The first kappa shape index (κ1) is 13.6. The lowest BCUT2D eigenvalue weighted by atomic mass is 10.2. The van der Waals surface area contributed by atoms with Crippen LogP contribution in [0.1, 0.15) is 11.3 Å². The molecule has 0 saturated carbocycles. The highest BCUT2D eigenvalue weighted by Crippen LogP contribution is 2.29. The minimum atomic E-state index is 0.466. The molecule has 0 radical (unpaired) electrons. The van der Waals surface area contributed by atoms with Gasteiger partial charge in [-0.1, -0.05) is 12.1 Å². The molecule has 0 unspecified atom stereocenters. The number of nitrogens with zero attached hydrogens (tertiary/aromatic N) is 2. The number of thiazole rings is 1. The van der Waals surface area contributed by atoms with E-state index >= 15 is 0 Å². The summed E-state index contributed by atoms with van der Waals surface area (Å²) in [5, 5.41) is 5.17. The summed E-state index contributed by atoms with van der Waals surface area (Å²) in [7, 11) is 1.92. The van der Waals surface area contributed by atoms with Gasteiger partial charge in [-0.25, -0.2) is 4.98 Å². The third-order valence-corrected chi connectivity index (χ3v) is 4.32. The quantitative estimate of drug-likeness (QED) is 0.764. The van der Waals surface area contributed by atoms with Gasteiger partial charge in [0, 0.05) is 29.9 Å². The van der Waals surface area contributed by atoms with Crippen LogP contribution in [-0.2, 0) is 13.2 Å². The van der Waals surface area contributed by atoms with Crippen LogP contribution in [0.3, 0.4) is 0 Å². The van der Waals surface area contributed by atoms with E-state index in [-0.39, 0.29) is 0 Å². The normalized spacial score (nSPS) is 11.1. The second-order valence-corrected chi connectivity index (χ2v) is 6.10. The summed E-state index contributed by atoms with van der Waals surface area (Å²) in [6.07, 6.45) is 4.00. The van der Waals surface area contributed by atoms with Crippen molar-refractivity contribution in [1.82, 2.24) is 14.7 Å².